The number of hydrogen-bond acceptors (Lipinski definition) is 7. The van der Waals surface area contributed by atoms with Crippen molar-refractivity contribution >= 4 is 39.7 Å². The van der Waals surface area contributed by atoms with E-state index >= 15 is 0 Å². The molecule has 174 valence electrons. The normalized spacial score (nSPS) is 11.1. The molecule has 8 nitrogen and oxygen atoms in total. The fourth-order valence-electron chi connectivity index (χ4n) is 3.39. The average Bonchev–Trinajstić information content (AvgIpc) is 3.26. The van der Waals surface area contributed by atoms with Gasteiger partial charge in [-0.2, -0.15) is 5.10 Å². The second-order valence-electron chi connectivity index (χ2n) is 8.14. The molecule has 0 fully saturated rings. The van der Waals surface area contributed by atoms with Gasteiger partial charge in [-0.25, -0.2) is 14.5 Å². The Balaban J connectivity index is 1.43. The lowest BCUT2D eigenvalue weighted by Crippen LogP contribution is -2.27. The molecule has 2 heterocycles. The van der Waals surface area contributed by atoms with Crippen LogP contribution in [-0.2, 0) is 22.6 Å². The minimum absolute atomic E-state index is 0.0638. The monoisotopic (exact) mass is 476 g/mol. The number of thiazole rings is 1. The van der Waals surface area contributed by atoms with E-state index in [1.54, 1.807) is 29.6 Å². The summed E-state index contributed by atoms with van der Waals surface area (Å²) in [6.07, 6.45) is 0.123. The molecular weight excluding hydrogens is 452 g/mol. The van der Waals surface area contributed by atoms with Crippen LogP contribution in [0.1, 0.15) is 46.6 Å². The molecule has 2 aromatic heterocycles. The zero-order valence-corrected chi connectivity index (χ0v) is 19.9. The van der Waals surface area contributed by atoms with Gasteiger partial charge < -0.3 is 10.1 Å². The van der Waals surface area contributed by atoms with Gasteiger partial charge in [-0.1, -0.05) is 35.9 Å². The Bertz CT molecular complexity index is 1410. The minimum atomic E-state index is -0.641. The first kappa shape index (κ1) is 23.3. The Morgan fingerprint density at radius 3 is 2.50 bits per heavy atom. The van der Waals surface area contributed by atoms with Gasteiger partial charge in [-0.05, 0) is 39.0 Å². The highest BCUT2D eigenvalue weighted by Crippen LogP contribution is 2.18. The molecule has 0 saturated carbocycles. The third-order valence-corrected chi connectivity index (χ3v) is 6.01. The van der Waals surface area contributed by atoms with Crippen LogP contribution in [0.2, 0.25) is 0 Å². The quantitative estimate of drug-likeness (QED) is 0.399. The molecule has 0 saturated heterocycles. The Morgan fingerprint density at radius 1 is 1.09 bits per heavy atom. The van der Waals surface area contributed by atoms with Gasteiger partial charge in [0.25, 0.3) is 5.56 Å². The summed E-state index contributed by atoms with van der Waals surface area (Å²) in [5.74, 6) is -0.814. The SMILES string of the molecule is Cc1ccc(NC(=O)Cc2nc(COC(=O)c3nn(C(C)C)c(=O)c4ccccc34)cs2)cc1. The zero-order chi connectivity index (χ0) is 24.2. The largest absolute Gasteiger partial charge is 0.454 e. The van der Waals surface area contributed by atoms with Gasteiger partial charge in [0.1, 0.15) is 11.6 Å². The Morgan fingerprint density at radius 2 is 1.79 bits per heavy atom. The number of aryl methyl sites for hydroxylation is 1. The molecule has 9 heteroatoms. The van der Waals surface area contributed by atoms with E-state index in [4.69, 9.17) is 4.74 Å². The first-order valence-corrected chi connectivity index (χ1v) is 11.7. The van der Waals surface area contributed by atoms with Gasteiger partial charge in [0, 0.05) is 16.5 Å². The number of carbonyl (C=O) groups is 2. The third-order valence-electron chi connectivity index (χ3n) is 5.11. The fraction of sp³-hybridized carbons (Fsp3) is 0.240. The molecule has 0 aliphatic carbocycles. The summed E-state index contributed by atoms with van der Waals surface area (Å²) in [7, 11) is 0. The standard InChI is InChI=1S/C25H24N4O4S/c1-15(2)29-24(31)20-7-5-4-6-19(20)23(28-29)25(32)33-13-18-14-34-22(27-18)12-21(30)26-17-10-8-16(3)9-11-17/h4-11,14-15H,12-13H2,1-3H3,(H,26,30). The van der Waals surface area contributed by atoms with Crippen molar-refractivity contribution in [1.82, 2.24) is 14.8 Å². The van der Waals surface area contributed by atoms with Gasteiger partial charge in [0.15, 0.2) is 5.69 Å². The zero-order valence-electron chi connectivity index (χ0n) is 19.1. The highest BCUT2D eigenvalue weighted by molar-refractivity contribution is 7.09. The molecule has 1 N–H and O–H groups in total. The number of ether oxygens (including phenoxy) is 1. The number of aromatic nitrogens is 3. The number of benzene rings is 2. The van der Waals surface area contributed by atoms with Crippen LogP contribution < -0.4 is 10.9 Å². The first-order chi connectivity index (χ1) is 16.3. The molecule has 4 rings (SSSR count). The summed E-state index contributed by atoms with van der Waals surface area (Å²) in [6.45, 7) is 5.56. The van der Waals surface area contributed by atoms with E-state index in [1.807, 2.05) is 45.0 Å². The highest BCUT2D eigenvalue weighted by Gasteiger charge is 2.19. The summed E-state index contributed by atoms with van der Waals surface area (Å²) >= 11 is 1.32. The first-order valence-electron chi connectivity index (χ1n) is 10.8. The maximum Gasteiger partial charge on any atom is 0.359 e. The predicted molar refractivity (Wildman–Crippen MR) is 131 cm³/mol. The average molecular weight is 477 g/mol. The Kier molecular flexibility index (Phi) is 6.83. The molecule has 0 aliphatic rings. The molecule has 4 aromatic rings. The predicted octanol–water partition coefficient (Wildman–Crippen LogP) is 4.28. The van der Waals surface area contributed by atoms with E-state index in [9.17, 15) is 14.4 Å². The van der Waals surface area contributed by atoms with Crippen molar-refractivity contribution in [2.45, 2.75) is 39.8 Å². The number of carbonyl (C=O) groups excluding carboxylic acids is 2. The molecule has 1 amide bonds. The van der Waals surface area contributed by atoms with Crippen LogP contribution in [0.3, 0.4) is 0 Å². The van der Waals surface area contributed by atoms with E-state index in [-0.39, 0.29) is 36.2 Å². The number of nitrogens with one attached hydrogen (secondary N) is 1. The molecular formula is C25H24N4O4S. The molecule has 0 atom stereocenters. The van der Waals surface area contributed by atoms with Crippen LogP contribution in [0.4, 0.5) is 5.69 Å². The van der Waals surface area contributed by atoms with Crippen molar-refractivity contribution in [2.24, 2.45) is 0 Å². The lowest BCUT2D eigenvalue weighted by Gasteiger charge is -2.12. The van der Waals surface area contributed by atoms with E-state index in [0.717, 1.165) is 11.3 Å². The second-order valence-corrected chi connectivity index (χ2v) is 9.08. The van der Waals surface area contributed by atoms with Crippen molar-refractivity contribution < 1.29 is 14.3 Å². The summed E-state index contributed by atoms with van der Waals surface area (Å²) in [5.41, 5.74) is 2.21. The van der Waals surface area contributed by atoms with E-state index < -0.39 is 5.97 Å². The van der Waals surface area contributed by atoms with E-state index in [1.165, 1.54) is 16.0 Å². The number of nitrogens with zero attached hydrogens (tertiary/aromatic N) is 3. The molecule has 0 bridgehead atoms. The number of esters is 1. The maximum absolute atomic E-state index is 12.8. The lowest BCUT2D eigenvalue weighted by molar-refractivity contribution is -0.115. The van der Waals surface area contributed by atoms with Gasteiger partial charge >= 0.3 is 5.97 Å². The fourth-order valence-corrected chi connectivity index (χ4v) is 4.17. The van der Waals surface area contributed by atoms with Crippen molar-refractivity contribution in [2.75, 3.05) is 5.32 Å². The maximum atomic E-state index is 12.8. The number of anilines is 1. The third kappa shape index (κ3) is 5.20. The van der Waals surface area contributed by atoms with Gasteiger partial charge in [0.05, 0.1) is 23.5 Å². The van der Waals surface area contributed by atoms with Gasteiger partial charge in [-0.15, -0.1) is 11.3 Å². The highest BCUT2D eigenvalue weighted by atomic mass is 32.1. The van der Waals surface area contributed by atoms with Crippen LogP contribution in [0.5, 0.6) is 0 Å². The van der Waals surface area contributed by atoms with Crippen LogP contribution in [0.25, 0.3) is 10.8 Å². The second kappa shape index (κ2) is 9.96. The summed E-state index contributed by atoms with van der Waals surface area (Å²) in [6, 6.07) is 14.2. The lowest BCUT2D eigenvalue weighted by atomic mass is 10.1. The van der Waals surface area contributed by atoms with E-state index in [2.05, 4.69) is 15.4 Å². The number of fused-ring (bicyclic) bond motifs is 1. The smallest absolute Gasteiger partial charge is 0.359 e. The summed E-state index contributed by atoms with van der Waals surface area (Å²) in [5, 5.41) is 10.3. The Hall–Kier alpha value is -3.85. The van der Waals surface area contributed by atoms with Crippen molar-refractivity contribution in [3.63, 3.8) is 0 Å². The van der Waals surface area contributed by atoms with Crippen LogP contribution in [0, 0.1) is 6.92 Å². The van der Waals surface area contributed by atoms with Crippen LogP contribution in [0.15, 0.2) is 58.7 Å². The van der Waals surface area contributed by atoms with Crippen molar-refractivity contribution in [3.05, 3.63) is 86.2 Å². The van der Waals surface area contributed by atoms with E-state index in [0.29, 0.717) is 21.5 Å². The molecule has 34 heavy (non-hydrogen) atoms. The summed E-state index contributed by atoms with van der Waals surface area (Å²) in [4.78, 5) is 42.2. The van der Waals surface area contributed by atoms with Crippen molar-refractivity contribution in [3.8, 4) is 0 Å². The minimum Gasteiger partial charge on any atom is -0.454 e. The van der Waals surface area contributed by atoms with Crippen LogP contribution in [-0.4, -0.2) is 26.6 Å². The number of hydrogen-bond donors (Lipinski definition) is 1. The van der Waals surface area contributed by atoms with Gasteiger partial charge in [-0.3, -0.25) is 9.59 Å². The Labute approximate surface area is 200 Å². The molecule has 0 aliphatic heterocycles. The topological polar surface area (TPSA) is 103 Å². The van der Waals surface area contributed by atoms with Gasteiger partial charge in [0.2, 0.25) is 5.91 Å². The number of amides is 1. The molecule has 0 unspecified atom stereocenters. The van der Waals surface area contributed by atoms with Crippen LogP contribution >= 0.6 is 11.3 Å². The molecule has 2 aromatic carbocycles. The molecule has 0 radical (unpaired) electrons. The number of rotatable bonds is 7. The molecule has 0 spiro atoms. The summed E-state index contributed by atoms with van der Waals surface area (Å²) < 4.78 is 6.73. The van der Waals surface area contributed by atoms with Crippen molar-refractivity contribution in [1.29, 1.82) is 0 Å².